The zero-order valence-electron chi connectivity index (χ0n) is 85.5. The molecule has 0 amide bonds. The number of carboxylic acid groups (broad SMARTS) is 2. The number of methoxy groups -OCH3 is 2. The van der Waals surface area contributed by atoms with Gasteiger partial charge < -0.3 is 88.1 Å². The van der Waals surface area contributed by atoms with E-state index in [9.17, 15) is 40.2 Å². The molecule has 22 rings (SSSR count). The van der Waals surface area contributed by atoms with Crippen LogP contribution < -0.4 is 57.5 Å². The Hall–Kier alpha value is -10.7. The smallest absolute Gasteiger partial charge is 0.306 e. The molecule has 0 aromatic heterocycles. The zero-order valence-corrected chi connectivity index (χ0v) is 94.1. The van der Waals surface area contributed by atoms with Crippen molar-refractivity contribution in [2.24, 2.45) is 41.4 Å². The lowest BCUT2D eigenvalue weighted by Gasteiger charge is -2.35. The van der Waals surface area contributed by atoms with Gasteiger partial charge in [-0.2, -0.15) is 0 Å². The molecule has 4 fully saturated rings. The number of nitrogens with zero attached hydrogens (tertiary/aromatic N) is 4. The summed E-state index contributed by atoms with van der Waals surface area (Å²) in [4.78, 5) is 32.2. The number of aliphatic carboxylic acids is 2. The maximum atomic E-state index is 11.9. The third-order valence-electron chi connectivity index (χ3n) is 31.0. The fourth-order valence-electron chi connectivity index (χ4n) is 23.6. The van der Waals surface area contributed by atoms with Gasteiger partial charge in [0.05, 0.1) is 40.3 Å². The van der Waals surface area contributed by atoms with Gasteiger partial charge in [-0.15, -0.1) is 0 Å². The van der Waals surface area contributed by atoms with Crippen molar-refractivity contribution < 1.29 is 78.1 Å². The number of carboxylic acids is 2. The Labute approximate surface area is 908 Å². The first-order valence-electron chi connectivity index (χ1n) is 51.1. The highest BCUT2D eigenvalue weighted by Gasteiger charge is 2.48. The molecule has 24 heteroatoms. The van der Waals surface area contributed by atoms with Gasteiger partial charge in [0.1, 0.15) is 103 Å². The van der Waals surface area contributed by atoms with Crippen LogP contribution in [0.5, 0.6) is 103 Å². The second-order valence-electron chi connectivity index (χ2n) is 41.5. The van der Waals surface area contributed by atoms with Crippen LogP contribution in [0.2, 0.25) is 0 Å². The molecule has 10 aliphatic rings. The fourth-order valence-corrected chi connectivity index (χ4v) is 27.3. The molecule has 6 heterocycles. The number of fused-ring (bicyclic) bond motifs is 12. The molecule has 20 nitrogen and oxygen atoms in total. The van der Waals surface area contributed by atoms with Crippen molar-refractivity contribution in [2.75, 3.05) is 90.2 Å². The Kier molecular flexibility index (Phi) is 33.5. The molecule has 6 unspecified atom stereocenters. The van der Waals surface area contributed by atoms with Gasteiger partial charge in [0.25, 0.3) is 0 Å². The summed E-state index contributed by atoms with van der Waals surface area (Å²) in [7, 11) is 20.0. The van der Waals surface area contributed by atoms with Crippen LogP contribution in [0.15, 0.2) is 194 Å². The van der Waals surface area contributed by atoms with Crippen molar-refractivity contribution in [3.8, 4) is 103 Å². The molecular formula is C121H134I4N4O16. The van der Waals surface area contributed by atoms with E-state index < -0.39 is 23.8 Å². The lowest BCUT2D eigenvalue weighted by atomic mass is 9.74. The van der Waals surface area contributed by atoms with Crippen molar-refractivity contribution in [2.45, 2.75) is 192 Å². The molecule has 0 bridgehead atoms. The van der Waals surface area contributed by atoms with E-state index in [0.29, 0.717) is 79.7 Å². The lowest BCUT2D eigenvalue weighted by molar-refractivity contribution is -0.144. The van der Waals surface area contributed by atoms with Crippen molar-refractivity contribution in [3.63, 3.8) is 0 Å². The van der Waals surface area contributed by atoms with Gasteiger partial charge in [0.2, 0.25) is 0 Å². The van der Waals surface area contributed by atoms with E-state index in [1.807, 2.05) is 48.5 Å². The molecule has 6 N–H and O–H groups in total. The Balaban J connectivity index is 0.000000119. The van der Waals surface area contributed by atoms with Crippen LogP contribution >= 0.6 is 90.4 Å². The summed E-state index contributed by atoms with van der Waals surface area (Å²) in [6, 6.07) is 66.0. The lowest BCUT2D eigenvalue weighted by Crippen LogP contribution is -2.27. The van der Waals surface area contributed by atoms with Crippen molar-refractivity contribution in [1.29, 1.82) is 0 Å². The number of halogens is 4. The minimum atomic E-state index is -0.761. The van der Waals surface area contributed by atoms with E-state index in [1.54, 1.807) is 38.5 Å². The number of rotatable bonds is 18. The predicted octanol–water partition coefficient (Wildman–Crippen LogP) is 31.7. The number of aromatic hydroxyl groups is 4. The topological polar surface area (TPSA) is 242 Å². The molecule has 4 saturated carbocycles. The zero-order chi connectivity index (χ0) is 103. The minimum absolute atomic E-state index is 0.0296. The van der Waals surface area contributed by atoms with Crippen molar-refractivity contribution in [3.05, 3.63) is 286 Å². The number of phenols is 4. The van der Waals surface area contributed by atoms with Gasteiger partial charge in [-0.1, -0.05) is 158 Å². The van der Waals surface area contributed by atoms with Crippen LogP contribution in [0, 0.1) is 69.6 Å². The van der Waals surface area contributed by atoms with E-state index in [-0.39, 0.29) is 46.7 Å². The standard InChI is InChI=1S/2C22H28N2O.C21H26O2.C19H14I4O5.C19H18O5.C18H20O2/c2*1-23(2)16-9-11-18-20(13-16)25-21-14-17(24(3)4)10-12-19(21)22(18)15-7-5-6-8-15;1-4-5-6-7-8-17-18-11-9-15(2)13-20(18)23-21-14-16(22-3)10-12-19(17)21;20-10-4-8-12(6-2-1-3-7(6)19(26)27)9-5-11(21)16(25)14(23)18(9)28-17(8)13(22)15(10)24;20-10-4-6-14-16(8-10)24-17-9-11(21)5-7-15(17)18(14)12-2-1-3-13(12)19(22)23;1-11(2)18-14-7-5-12(3)9-16(14)20-17-10-13(19-4)6-8-15(17)18/h2*9-15,22H,5-8H2,1-4H3;9-14,17H,4-8H2,1-3H3;4-7,12,24-25H,1-3H2,(H,26,27);4-9,12-13,18,20-21H,1-3H2,(H,22,23);5-11,18H,1-4H3. The summed E-state index contributed by atoms with van der Waals surface area (Å²) < 4.78 is 50.4. The number of hydrogen-bond donors (Lipinski definition) is 6. The summed E-state index contributed by atoms with van der Waals surface area (Å²) in [6.07, 6.45) is 21.9. The number of benzene rings is 12. The van der Waals surface area contributed by atoms with Crippen LogP contribution in [0.3, 0.4) is 0 Å². The highest BCUT2D eigenvalue weighted by atomic mass is 127. The molecule has 0 spiro atoms. The molecule has 145 heavy (non-hydrogen) atoms. The maximum absolute atomic E-state index is 11.9. The number of unbranched alkanes of at least 4 members (excludes halogenated alkanes) is 3. The summed E-state index contributed by atoms with van der Waals surface area (Å²) in [5.41, 5.74) is 21.4. The SMILES string of the molecule is CCCCCCC1c2ccc(C)cc2Oc2cc(OC)ccc21.CN(C)c1ccc2c(c1)Oc1cc(N(C)C)ccc1C2C1CCCC1.CN(C)c1ccc2c(c1)Oc1cc(N(C)C)ccc1C2C1CCCC1.COc1ccc2c(c1)Oc1cc(C)ccc1C2C(C)C.O=C(O)C1CCCC1C1c2cc(I)c(O)c(I)c2Oc2c1cc(I)c(O)c2I.O=C(O)C1CCCC1C1c2ccc(O)cc2Oc2cc(O)ccc21. The third kappa shape index (κ3) is 22.5. The summed E-state index contributed by atoms with van der Waals surface area (Å²) in [6.45, 7) is 11.0. The van der Waals surface area contributed by atoms with Crippen LogP contribution in [0.4, 0.5) is 22.7 Å². The molecule has 12 aromatic rings. The second-order valence-corrected chi connectivity index (χ2v) is 46.0. The first-order valence-corrected chi connectivity index (χ1v) is 55.4. The summed E-state index contributed by atoms with van der Waals surface area (Å²) >= 11 is 8.33. The van der Waals surface area contributed by atoms with Gasteiger partial charge in [-0.05, 0) is 276 Å². The maximum Gasteiger partial charge on any atom is 0.306 e. The Morgan fingerprint density at radius 3 is 1.03 bits per heavy atom. The quantitative estimate of drug-likeness (QED) is 0.0345. The molecule has 6 aliphatic heterocycles. The van der Waals surface area contributed by atoms with Crippen LogP contribution in [0.25, 0.3) is 0 Å². The number of phenolic OH excluding ortho intramolecular Hbond substituents is 4. The first-order chi connectivity index (χ1) is 69.7. The fraction of sp³-hybridized carbons (Fsp3) is 0.388. The Morgan fingerprint density at radius 2 is 0.669 bits per heavy atom. The normalized spacial score (nSPS) is 18.4. The predicted molar refractivity (Wildman–Crippen MR) is 611 cm³/mol. The van der Waals surface area contributed by atoms with Gasteiger partial charge in [-0.25, -0.2) is 0 Å². The summed E-state index contributed by atoms with van der Waals surface area (Å²) in [5, 5.41) is 59.8. The summed E-state index contributed by atoms with van der Waals surface area (Å²) in [5.74, 6) is 13.4. The highest BCUT2D eigenvalue weighted by molar-refractivity contribution is 14.1. The van der Waals surface area contributed by atoms with E-state index in [4.69, 9.17) is 37.9 Å². The molecular weight excluding hydrogens is 2270 g/mol. The molecule has 762 valence electrons. The van der Waals surface area contributed by atoms with E-state index in [0.717, 1.165) is 117 Å². The highest BCUT2D eigenvalue weighted by Crippen LogP contribution is 2.62. The number of hydrogen-bond acceptors (Lipinski definition) is 18. The first kappa shape index (κ1) is 106. The van der Waals surface area contributed by atoms with Crippen LogP contribution in [-0.2, 0) is 9.59 Å². The van der Waals surface area contributed by atoms with Gasteiger partial charge >= 0.3 is 11.9 Å². The minimum Gasteiger partial charge on any atom is -0.508 e. The molecule has 4 aliphatic carbocycles. The largest absolute Gasteiger partial charge is 0.508 e. The molecule has 12 aromatic carbocycles. The van der Waals surface area contributed by atoms with Gasteiger partial charge in [0, 0.05) is 230 Å². The molecule has 0 radical (unpaired) electrons. The average molecular weight is 2410 g/mol. The molecule has 0 saturated heterocycles. The van der Waals surface area contributed by atoms with E-state index >= 15 is 0 Å². The van der Waals surface area contributed by atoms with Crippen LogP contribution in [0.1, 0.15) is 256 Å². The van der Waals surface area contributed by atoms with E-state index in [2.05, 4.69) is 322 Å². The number of carbonyl (C=O) groups is 2. The average Bonchev–Trinajstić information content (AvgIpc) is 1.66. The second kappa shape index (κ2) is 46.0. The Morgan fingerprint density at radius 1 is 0.352 bits per heavy atom. The van der Waals surface area contributed by atoms with E-state index in [1.165, 1.54) is 162 Å². The monoisotopic (exact) mass is 2410 g/mol. The van der Waals surface area contributed by atoms with Gasteiger partial charge in [0.15, 0.2) is 0 Å². The van der Waals surface area contributed by atoms with Crippen molar-refractivity contribution in [1.82, 2.24) is 0 Å². The van der Waals surface area contributed by atoms with Crippen molar-refractivity contribution >= 4 is 125 Å². The molecule has 6 atom stereocenters. The number of aryl methyl sites for hydroxylation is 2. The third-order valence-corrected chi connectivity index (χ3v) is 34.6. The number of ether oxygens (including phenoxy) is 8. The van der Waals surface area contributed by atoms with Gasteiger partial charge in [-0.3, -0.25) is 9.59 Å². The Bertz CT molecular complexity index is 6400. The van der Waals surface area contributed by atoms with Crippen LogP contribution in [-0.4, -0.2) is 113 Å². The number of anilines is 4.